The Kier molecular flexibility index (Phi) is 5.54. The number of nitrogens with zero attached hydrogens (tertiary/aromatic N) is 1. The second-order valence-electron chi connectivity index (χ2n) is 5.68. The van der Waals surface area contributed by atoms with Gasteiger partial charge < -0.3 is 5.11 Å². The van der Waals surface area contributed by atoms with Crippen molar-refractivity contribution in [3.8, 4) is 0 Å². The first kappa shape index (κ1) is 15.7. The smallest absolute Gasteiger partial charge is 0.0942 e. The summed E-state index contributed by atoms with van der Waals surface area (Å²) in [5.74, 6) is 0. The van der Waals surface area contributed by atoms with Gasteiger partial charge in [0.25, 0.3) is 0 Å². The average molecular weight is 283 g/mol. The van der Waals surface area contributed by atoms with E-state index >= 15 is 0 Å². The number of rotatable bonds is 6. The molecule has 2 atom stereocenters. The molecule has 0 bridgehead atoms. The molecule has 0 fully saturated rings. The third-order valence-corrected chi connectivity index (χ3v) is 4.16. The first-order chi connectivity index (χ1) is 10.1. The summed E-state index contributed by atoms with van der Waals surface area (Å²) in [6.45, 7) is 5.05. The number of aliphatic hydroxyl groups is 1. The predicted octanol–water partition coefficient (Wildman–Crippen LogP) is 3.80. The minimum Gasteiger partial charge on any atom is -0.387 e. The summed E-state index contributed by atoms with van der Waals surface area (Å²) in [4.78, 5) is 2.19. The van der Waals surface area contributed by atoms with Crippen molar-refractivity contribution in [1.82, 2.24) is 4.90 Å². The monoisotopic (exact) mass is 283 g/mol. The second kappa shape index (κ2) is 7.39. The highest BCUT2D eigenvalue weighted by Crippen LogP contribution is 2.22. The van der Waals surface area contributed by atoms with Crippen LogP contribution in [0.4, 0.5) is 0 Å². The fourth-order valence-corrected chi connectivity index (χ4v) is 2.49. The highest BCUT2D eigenvalue weighted by atomic mass is 16.3. The number of likely N-dealkylation sites (N-methyl/N-ethyl adjacent to an activating group) is 1. The predicted molar refractivity (Wildman–Crippen MR) is 88.2 cm³/mol. The van der Waals surface area contributed by atoms with E-state index < -0.39 is 6.10 Å². The van der Waals surface area contributed by atoms with Crippen LogP contribution in [0.3, 0.4) is 0 Å². The summed E-state index contributed by atoms with van der Waals surface area (Å²) in [5.41, 5.74) is 3.55. The van der Waals surface area contributed by atoms with E-state index in [0.717, 1.165) is 18.5 Å². The lowest BCUT2D eigenvalue weighted by Crippen LogP contribution is -2.33. The van der Waals surface area contributed by atoms with Crippen molar-refractivity contribution in [2.75, 3.05) is 7.05 Å². The Bertz CT molecular complexity index is 535. The van der Waals surface area contributed by atoms with Gasteiger partial charge >= 0.3 is 0 Å². The molecule has 0 aliphatic heterocycles. The van der Waals surface area contributed by atoms with Gasteiger partial charge in [-0.1, -0.05) is 61.5 Å². The standard InChI is InChI=1S/C19H25NO/c1-4-16-10-12-18(13-11-16)19(21)15(2)20(3)14-17-8-6-5-7-9-17/h5-13,15,19,21H,4,14H2,1-3H3. The second-order valence-corrected chi connectivity index (χ2v) is 5.68. The number of aryl methyl sites for hydroxylation is 1. The van der Waals surface area contributed by atoms with Crippen molar-refractivity contribution < 1.29 is 5.11 Å². The summed E-state index contributed by atoms with van der Waals surface area (Å²) >= 11 is 0. The SMILES string of the molecule is CCc1ccc(C(O)C(C)N(C)Cc2ccccc2)cc1. The summed E-state index contributed by atoms with van der Waals surface area (Å²) in [6, 6.07) is 18.7. The van der Waals surface area contributed by atoms with Crippen LogP contribution in [0, 0.1) is 0 Å². The van der Waals surface area contributed by atoms with Gasteiger partial charge in [-0.25, -0.2) is 0 Å². The van der Waals surface area contributed by atoms with Crippen LogP contribution in [-0.2, 0) is 13.0 Å². The van der Waals surface area contributed by atoms with Crippen LogP contribution in [0.15, 0.2) is 54.6 Å². The quantitative estimate of drug-likeness (QED) is 0.871. The molecule has 0 heterocycles. The molecule has 0 aliphatic carbocycles. The van der Waals surface area contributed by atoms with E-state index in [-0.39, 0.29) is 6.04 Å². The molecule has 2 heteroatoms. The molecule has 2 nitrogen and oxygen atoms in total. The Morgan fingerprint density at radius 3 is 2.14 bits per heavy atom. The largest absolute Gasteiger partial charge is 0.387 e. The van der Waals surface area contributed by atoms with Crippen molar-refractivity contribution in [3.05, 3.63) is 71.3 Å². The lowest BCUT2D eigenvalue weighted by atomic mass is 10.00. The van der Waals surface area contributed by atoms with E-state index in [0.29, 0.717) is 0 Å². The molecule has 0 aliphatic rings. The summed E-state index contributed by atoms with van der Waals surface area (Å²) in [7, 11) is 2.06. The topological polar surface area (TPSA) is 23.5 Å². The van der Waals surface area contributed by atoms with Crippen molar-refractivity contribution >= 4 is 0 Å². The van der Waals surface area contributed by atoms with Crippen molar-refractivity contribution in [2.45, 2.75) is 39.0 Å². The molecule has 0 radical (unpaired) electrons. The summed E-state index contributed by atoms with van der Waals surface area (Å²) in [6.07, 6.45) is 0.560. The molecular formula is C19H25NO. The van der Waals surface area contributed by atoms with Gasteiger partial charge in [-0.15, -0.1) is 0 Å². The zero-order valence-electron chi connectivity index (χ0n) is 13.2. The van der Waals surface area contributed by atoms with Crippen LogP contribution in [-0.4, -0.2) is 23.1 Å². The molecule has 0 saturated carbocycles. The molecule has 112 valence electrons. The van der Waals surface area contributed by atoms with Crippen molar-refractivity contribution in [1.29, 1.82) is 0 Å². The van der Waals surface area contributed by atoms with Gasteiger partial charge in [0.05, 0.1) is 6.10 Å². The minimum atomic E-state index is -0.468. The molecule has 0 amide bonds. The van der Waals surface area contributed by atoms with Crippen LogP contribution in [0.5, 0.6) is 0 Å². The van der Waals surface area contributed by atoms with Crippen molar-refractivity contribution in [2.24, 2.45) is 0 Å². The van der Waals surface area contributed by atoms with E-state index in [1.807, 2.05) is 30.3 Å². The third-order valence-electron chi connectivity index (χ3n) is 4.16. The van der Waals surface area contributed by atoms with E-state index in [4.69, 9.17) is 0 Å². The number of hydrogen-bond acceptors (Lipinski definition) is 2. The highest BCUT2D eigenvalue weighted by molar-refractivity contribution is 5.25. The fraction of sp³-hybridized carbons (Fsp3) is 0.368. The van der Waals surface area contributed by atoms with Gasteiger partial charge in [-0.2, -0.15) is 0 Å². The van der Waals surface area contributed by atoms with Crippen LogP contribution in [0.1, 0.15) is 36.6 Å². The zero-order chi connectivity index (χ0) is 15.2. The van der Waals surface area contributed by atoms with E-state index in [2.05, 4.69) is 50.1 Å². The van der Waals surface area contributed by atoms with Gasteiger partial charge in [-0.3, -0.25) is 4.90 Å². The maximum Gasteiger partial charge on any atom is 0.0942 e. The molecule has 1 N–H and O–H groups in total. The normalized spacial score (nSPS) is 14.1. The van der Waals surface area contributed by atoms with Crippen molar-refractivity contribution in [3.63, 3.8) is 0 Å². The first-order valence-corrected chi connectivity index (χ1v) is 7.63. The highest BCUT2D eigenvalue weighted by Gasteiger charge is 2.20. The maximum atomic E-state index is 10.6. The summed E-state index contributed by atoms with van der Waals surface area (Å²) < 4.78 is 0. The zero-order valence-corrected chi connectivity index (χ0v) is 13.2. The fourth-order valence-electron chi connectivity index (χ4n) is 2.49. The van der Waals surface area contributed by atoms with Crippen LogP contribution < -0.4 is 0 Å². The van der Waals surface area contributed by atoms with Gasteiger partial charge in [0.1, 0.15) is 0 Å². The van der Waals surface area contributed by atoms with E-state index in [9.17, 15) is 5.11 Å². The summed E-state index contributed by atoms with van der Waals surface area (Å²) in [5, 5.41) is 10.6. The van der Waals surface area contributed by atoms with E-state index in [1.54, 1.807) is 0 Å². The molecule has 0 spiro atoms. The number of aliphatic hydroxyl groups excluding tert-OH is 1. The van der Waals surface area contributed by atoms with Gasteiger partial charge in [0.15, 0.2) is 0 Å². The van der Waals surface area contributed by atoms with Gasteiger partial charge in [0, 0.05) is 12.6 Å². The van der Waals surface area contributed by atoms with Gasteiger partial charge in [0.2, 0.25) is 0 Å². The van der Waals surface area contributed by atoms with Crippen LogP contribution >= 0.6 is 0 Å². The Labute approximate surface area is 128 Å². The van der Waals surface area contributed by atoms with Crippen LogP contribution in [0.2, 0.25) is 0 Å². The van der Waals surface area contributed by atoms with Crippen LogP contribution in [0.25, 0.3) is 0 Å². The lowest BCUT2D eigenvalue weighted by molar-refractivity contribution is 0.0688. The Morgan fingerprint density at radius 1 is 0.952 bits per heavy atom. The molecule has 0 saturated heterocycles. The molecular weight excluding hydrogens is 258 g/mol. The van der Waals surface area contributed by atoms with Gasteiger partial charge in [-0.05, 0) is 37.1 Å². The molecule has 21 heavy (non-hydrogen) atoms. The minimum absolute atomic E-state index is 0.0673. The molecule has 2 aromatic carbocycles. The molecule has 2 aromatic rings. The Hall–Kier alpha value is -1.64. The molecule has 0 aromatic heterocycles. The molecule has 2 rings (SSSR count). The first-order valence-electron chi connectivity index (χ1n) is 7.63. The third kappa shape index (κ3) is 4.16. The molecule has 2 unspecified atom stereocenters. The average Bonchev–Trinajstić information content (AvgIpc) is 2.54. The van der Waals surface area contributed by atoms with E-state index in [1.165, 1.54) is 11.1 Å². The number of hydrogen-bond donors (Lipinski definition) is 1. The maximum absolute atomic E-state index is 10.6. The Morgan fingerprint density at radius 2 is 1.57 bits per heavy atom. The lowest BCUT2D eigenvalue weighted by Gasteiger charge is -2.29. The number of benzene rings is 2. The Balaban J connectivity index is 2.01.